The van der Waals surface area contributed by atoms with Crippen LogP contribution in [0.25, 0.3) is 0 Å². The molecule has 0 radical (unpaired) electrons. The first-order valence-electron chi connectivity index (χ1n) is 12.1. The highest BCUT2D eigenvalue weighted by molar-refractivity contribution is 7.87. The summed E-state index contributed by atoms with van der Waals surface area (Å²) < 4.78 is 69.0. The highest BCUT2D eigenvalue weighted by Crippen LogP contribution is 2.08. The summed E-state index contributed by atoms with van der Waals surface area (Å²) in [5.74, 6) is -1.27. The fraction of sp³-hybridized carbons (Fsp3) is 0.913. The van der Waals surface area contributed by atoms with Gasteiger partial charge in [-0.1, -0.05) is 13.8 Å². The first kappa shape index (κ1) is 34.8. The van der Waals surface area contributed by atoms with Crippen molar-refractivity contribution in [1.82, 2.24) is 0 Å². The molecule has 0 aliphatic carbocycles. The van der Waals surface area contributed by atoms with E-state index in [-0.39, 0.29) is 32.0 Å². The van der Waals surface area contributed by atoms with Gasteiger partial charge in [-0.2, -0.15) is 8.42 Å². The van der Waals surface area contributed by atoms with Crippen LogP contribution in [0.5, 0.6) is 0 Å². The molecule has 0 aliphatic heterocycles. The second kappa shape index (κ2) is 20.8. The number of carbonyl (C=O) groups excluding carboxylic acids is 2. The van der Waals surface area contributed by atoms with Crippen molar-refractivity contribution in [2.75, 3.05) is 72.7 Å². The van der Waals surface area contributed by atoms with Crippen molar-refractivity contribution >= 4 is 21.9 Å². The summed E-state index contributed by atoms with van der Waals surface area (Å²) >= 11 is 0. The Kier molecular flexibility index (Phi) is 20.1. The SMILES string of the molecule is CC(=O)CC(C(=O)OCCOCCOCCOCCOCC(C)OCC(C)OCC(C)C)S(=O)(=O)O. The lowest BCUT2D eigenvalue weighted by Crippen LogP contribution is -2.34. The number of ketones is 1. The van der Waals surface area contributed by atoms with Crippen molar-refractivity contribution < 1.29 is 55.7 Å². The predicted octanol–water partition coefficient (Wildman–Crippen LogP) is 1.30. The molecule has 0 amide bonds. The summed E-state index contributed by atoms with van der Waals surface area (Å²) in [7, 11) is -4.73. The molecule has 0 bridgehead atoms. The average Bonchev–Trinajstić information content (AvgIpc) is 2.78. The molecule has 12 nitrogen and oxygen atoms in total. The maximum absolute atomic E-state index is 11.7. The Morgan fingerprint density at radius 2 is 1.14 bits per heavy atom. The minimum absolute atomic E-state index is 0.00717. The number of carbonyl (C=O) groups is 2. The summed E-state index contributed by atoms with van der Waals surface area (Å²) in [5.41, 5.74) is 0. The molecule has 0 rings (SSSR count). The van der Waals surface area contributed by atoms with Gasteiger partial charge in [0.25, 0.3) is 10.1 Å². The zero-order valence-electron chi connectivity index (χ0n) is 22.1. The van der Waals surface area contributed by atoms with Gasteiger partial charge in [-0.15, -0.1) is 0 Å². The van der Waals surface area contributed by atoms with Gasteiger partial charge in [0.05, 0.1) is 71.7 Å². The number of rotatable bonds is 24. The van der Waals surface area contributed by atoms with Gasteiger partial charge < -0.3 is 33.2 Å². The van der Waals surface area contributed by atoms with Gasteiger partial charge >= 0.3 is 5.97 Å². The lowest BCUT2D eigenvalue weighted by molar-refractivity contribution is -0.146. The fourth-order valence-electron chi connectivity index (χ4n) is 2.53. The summed E-state index contributed by atoms with van der Waals surface area (Å²) in [6, 6.07) is 0. The molecule has 0 aliphatic rings. The monoisotopic (exact) mass is 544 g/mol. The number of esters is 1. The third-order valence-electron chi connectivity index (χ3n) is 4.37. The van der Waals surface area contributed by atoms with Crippen LogP contribution in [0.3, 0.4) is 0 Å². The Balaban J connectivity index is 3.55. The van der Waals surface area contributed by atoms with E-state index in [9.17, 15) is 18.0 Å². The smallest absolute Gasteiger partial charge is 0.327 e. The lowest BCUT2D eigenvalue weighted by atomic mass is 10.2. The van der Waals surface area contributed by atoms with E-state index in [1.54, 1.807) is 0 Å². The van der Waals surface area contributed by atoms with Crippen LogP contribution in [-0.2, 0) is 52.9 Å². The van der Waals surface area contributed by atoms with Crippen LogP contribution >= 0.6 is 0 Å². The molecule has 36 heavy (non-hydrogen) atoms. The number of ether oxygens (including phenoxy) is 7. The van der Waals surface area contributed by atoms with E-state index in [4.69, 9.17) is 37.7 Å². The minimum Gasteiger partial charge on any atom is -0.462 e. The van der Waals surface area contributed by atoms with Crippen molar-refractivity contribution in [3.63, 3.8) is 0 Å². The lowest BCUT2D eigenvalue weighted by Gasteiger charge is -2.18. The second-order valence-corrected chi connectivity index (χ2v) is 10.3. The van der Waals surface area contributed by atoms with Crippen LogP contribution in [0, 0.1) is 5.92 Å². The predicted molar refractivity (Wildman–Crippen MR) is 131 cm³/mol. The molecule has 0 heterocycles. The summed E-state index contributed by atoms with van der Waals surface area (Å²) in [5, 5.41) is -1.93. The molecule has 0 spiro atoms. The van der Waals surface area contributed by atoms with Gasteiger partial charge in [-0.3, -0.25) is 14.1 Å². The Hall–Kier alpha value is -1.19. The molecule has 0 fully saturated rings. The zero-order valence-corrected chi connectivity index (χ0v) is 23.0. The Morgan fingerprint density at radius 1 is 0.694 bits per heavy atom. The quantitative estimate of drug-likeness (QED) is 0.106. The van der Waals surface area contributed by atoms with E-state index in [1.807, 2.05) is 13.8 Å². The van der Waals surface area contributed by atoms with Gasteiger partial charge in [0, 0.05) is 13.0 Å². The standard InChI is InChI=1S/C23H44O12S/c1-18(2)15-34-21(5)17-35-20(4)16-32-11-10-30-7-6-29-8-9-31-12-13-33-23(25)22(14-19(3)24)36(26,27)28/h18,20-22H,6-17H2,1-5H3,(H,26,27,28). The Labute approximate surface area is 215 Å². The number of Topliss-reactive ketones (excluding diaryl/α,β-unsaturated/α-hetero) is 1. The van der Waals surface area contributed by atoms with Crippen molar-refractivity contribution in [3.05, 3.63) is 0 Å². The largest absolute Gasteiger partial charge is 0.462 e. The third kappa shape index (κ3) is 20.9. The first-order valence-corrected chi connectivity index (χ1v) is 13.6. The van der Waals surface area contributed by atoms with Crippen molar-refractivity contribution in [1.29, 1.82) is 0 Å². The molecular formula is C23H44O12S. The Bertz CT molecular complexity index is 683. The maximum atomic E-state index is 11.7. The van der Waals surface area contributed by atoms with Gasteiger partial charge in [-0.25, -0.2) is 0 Å². The molecule has 0 saturated carbocycles. The Morgan fingerprint density at radius 3 is 1.61 bits per heavy atom. The van der Waals surface area contributed by atoms with E-state index >= 15 is 0 Å². The molecule has 3 atom stereocenters. The van der Waals surface area contributed by atoms with Gasteiger partial charge in [0.1, 0.15) is 12.4 Å². The zero-order chi connectivity index (χ0) is 27.4. The normalized spacial score (nSPS) is 14.5. The summed E-state index contributed by atoms with van der Waals surface area (Å²) in [6.07, 6.45) is -0.640. The molecule has 0 aromatic heterocycles. The molecular weight excluding hydrogens is 500 g/mol. The first-order chi connectivity index (χ1) is 16.9. The molecule has 0 saturated heterocycles. The molecule has 214 valence electrons. The van der Waals surface area contributed by atoms with E-state index in [2.05, 4.69) is 13.8 Å². The van der Waals surface area contributed by atoms with Crippen molar-refractivity contribution in [2.45, 2.75) is 58.5 Å². The van der Waals surface area contributed by atoms with Crippen LogP contribution in [0.1, 0.15) is 41.0 Å². The van der Waals surface area contributed by atoms with Crippen LogP contribution < -0.4 is 0 Å². The van der Waals surface area contributed by atoms with Gasteiger partial charge in [0.15, 0.2) is 5.25 Å². The molecule has 0 aromatic carbocycles. The van der Waals surface area contributed by atoms with Crippen molar-refractivity contribution in [3.8, 4) is 0 Å². The highest BCUT2D eigenvalue weighted by atomic mass is 32.2. The number of hydrogen-bond acceptors (Lipinski definition) is 11. The van der Waals surface area contributed by atoms with Crippen LogP contribution in [0.4, 0.5) is 0 Å². The minimum atomic E-state index is -4.73. The maximum Gasteiger partial charge on any atom is 0.327 e. The molecule has 0 aromatic rings. The average molecular weight is 545 g/mol. The van der Waals surface area contributed by atoms with E-state index in [1.165, 1.54) is 0 Å². The van der Waals surface area contributed by atoms with E-state index in [0.717, 1.165) is 6.92 Å². The molecule has 3 unspecified atom stereocenters. The fourth-order valence-corrected chi connectivity index (χ4v) is 3.28. The summed E-state index contributed by atoms with van der Waals surface area (Å²) in [6.45, 7) is 12.9. The van der Waals surface area contributed by atoms with Gasteiger partial charge in [-0.05, 0) is 26.7 Å². The number of hydrogen-bond donors (Lipinski definition) is 1. The van der Waals surface area contributed by atoms with E-state index < -0.39 is 33.5 Å². The van der Waals surface area contributed by atoms with Gasteiger partial charge in [0.2, 0.25) is 0 Å². The van der Waals surface area contributed by atoms with Crippen LogP contribution in [0.2, 0.25) is 0 Å². The summed E-state index contributed by atoms with van der Waals surface area (Å²) in [4.78, 5) is 22.8. The third-order valence-corrected chi connectivity index (χ3v) is 5.44. The van der Waals surface area contributed by atoms with Crippen molar-refractivity contribution in [2.24, 2.45) is 5.92 Å². The topological polar surface area (TPSA) is 153 Å². The molecule has 1 N–H and O–H groups in total. The van der Waals surface area contributed by atoms with E-state index in [0.29, 0.717) is 58.8 Å². The van der Waals surface area contributed by atoms with Crippen LogP contribution in [-0.4, -0.2) is 115 Å². The highest BCUT2D eigenvalue weighted by Gasteiger charge is 2.33. The molecule has 13 heteroatoms. The van der Waals surface area contributed by atoms with Crippen LogP contribution in [0.15, 0.2) is 0 Å². The second-order valence-electron chi connectivity index (χ2n) is 8.67.